The zero-order valence-corrected chi connectivity index (χ0v) is 12.9. The molecule has 0 heterocycles. The Balaban J connectivity index is 2.67. The number of carbonyl (C=O) groups is 1. The summed E-state index contributed by atoms with van der Waals surface area (Å²) in [4.78, 5) is 11.6. The molecule has 130 valence electrons. The lowest BCUT2D eigenvalue weighted by Gasteiger charge is -2.25. The van der Waals surface area contributed by atoms with E-state index in [1.807, 2.05) is 0 Å². The van der Waals surface area contributed by atoms with Crippen LogP contribution in [-0.2, 0) is 12.7 Å². The molecular weight excluding hydrogens is 316 g/mol. The summed E-state index contributed by atoms with van der Waals surface area (Å²) in [6.07, 6.45) is -3.85. The Hall–Kier alpha value is -1.83. The van der Waals surface area contributed by atoms with E-state index in [0.717, 1.165) is 12.1 Å². The average molecular weight is 336 g/mol. The quantitative estimate of drug-likeness (QED) is 0.699. The molecule has 0 bridgehead atoms. The van der Waals surface area contributed by atoms with Crippen LogP contribution in [0.5, 0.6) is 0 Å². The number of nitrogens with one attached hydrogen (secondary N) is 2. The van der Waals surface area contributed by atoms with Gasteiger partial charge in [-0.1, -0.05) is 19.9 Å². The van der Waals surface area contributed by atoms with Crippen molar-refractivity contribution in [1.82, 2.24) is 10.6 Å². The summed E-state index contributed by atoms with van der Waals surface area (Å²) < 4.78 is 51.4. The smallest absolute Gasteiger partial charge is 0.388 e. The van der Waals surface area contributed by atoms with Crippen molar-refractivity contribution < 1.29 is 27.5 Å². The molecule has 3 N–H and O–H groups in total. The third-order valence-electron chi connectivity index (χ3n) is 3.71. The fourth-order valence-electron chi connectivity index (χ4n) is 1.95. The number of benzene rings is 1. The Labute approximate surface area is 131 Å². The summed E-state index contributed by atoms with van der Waals surface area (Å²) in [6, 6.07) is 1.56. The molecule has 0 spiro atoms. The van der Waals surface area contributed by atoms with Crippen molar-refractivity contribution >= 4 is 6.03 Å². The number of hydrogen-bond acceptors (Lipinski definition) is 2. The summed E-state index contributed by atoms with van der Waals surface area (Å²) in [5.74, 6) is -0.999. The second-order valence-electron chi connectivity index (χ2n) is 5.27. The SMILES string of the molecule is CCC(O)(CC)CNC(=O)NCc1ccc(F)cc1C(F)(F)F. The molecule has 1 aromatic rings. The molecule has 23 heavy (non-hydrogen) atoms. The van der Waals surface area contributed by atoms with E-state index in [2.05, 4.69) is 10.6 Å². The van der Waals surface area contributed by atoms with Crippen LogP contribution in [0.3, 0.4) is 0 Å². The number of alkyl halides is 3. The molecule has 0 unspecified atom stereocenters. The summed E-state index contributed by atoms with van der Waals surface area (Å²) in [6.45, 7) is 3.10. The number of aliphatic hydroxyl groups is 1. The number of amides is 2. The van der Waals surface area contributed by atoms with E-state index in [0.29, 0.717) is 18.9 Å². The highest BCUT2D eigenvalue weighted by atomic mass is 19.4. The van der Waals surface area contributed by atoms with Crippen molar-refractivity contribution in [3.8, 4) is 0 Å². The van der Waals surface area contributed by atoms with Gasteiger partial charge >= 0.3 is 12.2 Å². The van der Waals surface area contributed by atoms with Gasteiger partial charge in [-0.2, -0.15) is 13.2 Å². The highest BCUT2D eigenvalue weighted by Crippen LogP contribution is 2.32. The topological polar surface area (TPSA) is 61.4 Å². The Morgan fingerprint density at radius 2 is 1.78 bits per heavy atom. The van der Waals surface area contributed by atoms with Crippen LogP contribution in [0.1, 0.15) is 37.8 Å². The highest BCUT2D eigenvalue weighted by Gasteiger charge is 2.33. The lowest BCUT2D eigenvalue weighted by atomic mass is 9.98. The molecule has 1 aromatic carbocycles. The van der Waals surface area contributed by atoms with Gasteiger partial charge in [0.25, 0.3) is 0 Å². The van der Waals surface area contributed by atoms with Crippen molar-refractivity contribution in [3.05, 3.63) is 35.1 Å². The van der Waals surface area contributed by atoms with E-state index in [1.54, 1.807) is 13.8 Å². The van der Waals surface area contributed by atoms with Gasteiger partial charge in [0, 0.05) is 13.1 Å². The Bertz CT molecular complexity index is 543. The summed E-state index contributed by atoms with van der Waals surface area (Å²) in [7, 11) is 0. The molecule has 0 aromatic heterocycles. The van der Waals surface area contributed by atoms with Crippen LogP contribution in [0, 0.1) is 5.82 Å². The van der Waals surface area contributed by atoms with Gasteiger partial charge in [0.2, 0.25) is 0 Å². The molecule has 2 amide bonds. The van der Waals surface area contributed by atoms with Crippen LogP contribution in [0.4, 0.5) is 22.4 Å². The fourth-order valence-corrected chi connectivity index (χ4v) is 1.95. The molecule has 1 rings (SSSR count). The Morgan fingerprint density at radius 1 is 1.17 bits per heavy atom. The van der Waals surface area contributed by atoms with Gasteiger partial charge in [0.05, 0.1) is 11.2 Å². The number of rotatable bonds is 6. The maximum atomic E-state index is 13.0. The molecule has 0 fully saturated rings. The molecule has 0 atom stereocenters. The number of halogens is 4. The van der Waals surface area contributed by atoms with Gasteiger partial charge in [0.1, 0.15) is 5.82 Å². The van der Waals surface area contributed by atoms with Crippen LogP contribution in [0.25, 0.3) is 0 Å². The van der Waals surface area contributed by atoms with Crippen LogP contribution in [-0.4, -0.2) is 23.3 Å². The Kier molecular flexibility index (Phi) is 6.37. The normalized spacial score (nSPS) is 12.1. The van der Waals surface area contributed by atoms with E-state index in [-0.39, 0.29) is 12.1 Å². The molecular formula is C15H20F4N2O2. The van der Waals surface area contributed by atoms with Crippen LogP contribution >= 0.6 is 0 Å². The molecule has 4 nitrogen and oxygen atoms in total. The van der Waals surface area contributed by atoms with Crippen molar-refractivity contribution in [2.24, 2.45) is 0 Å². The largest absolute Gasteiger partial charge is 0.416 e. The van der Waals surface area contributed by atoms with E-state index in [9.17, 15) is 27.5 Å². The van der Waals surface area contributed by atoms with E-state index < -0.39 is 35.7 Å². The molecule has 0 aliphatic rings. The maximum Gasteiger partial charge on any atom is 0.416 e. The molecule has 0 aliphatic carbocycles. The molecule has 0 aliphatic heterocycles. The number of hydrogen-bond donors (Lipinski definition) is 3. The van der Waals surface area contributed by atoms with Crippen molar-refractivity contribution in [2.45, 2.75) is 45.0 Å². The highest BCUT2D eigenvalue weighted by molar-refractivity contribution is 5.73. The Morgan fingerprint density at radius 3 is 2.30 bits per heavy atom. The zero-order chi connectivity index (χ0) is 17.7. The minimum Gasteiger partial charge on any atom is -0.388 e. The zero-order valence-electron chi connectivity index (χ0n) is 12.9. The molecule has 0 radical (unpaired) electrons. The third kappa shape index (κ3) is 5.70. The lowest BCUT2D eigenvalue weighted by molar-refractivity contribution is -0.138. The van der Waals surface area contributed by atoms with E-state index >= 15 is 0 Å². The predicted octanol–water partition coefficient (Wildman–Crippen LogP) is 3.19. The first-order chi connectivity index (χ1) is 10.6. The van der Waals surface area contributed by atoms with Gasteiger partial charge in [-0.25, -0.2) is 9.18 Å². The second-order valence-corrected chi connectivity index (χ2v) is 5.27. The van der Waals surface area contributed by atoms with E-state index in [4.69, 9.17) is 0 Å². The minimum absolute atomic E-state index is 0.0125. The molecule has 8 heteroatoms. The van der Waals surface area contributed by atoms with Crippen LogP contribution in [0.15, 0.2) is 18.2 Å². The van der Waals surface area contributed by atoms with Crippen molar-refractivity contribution in [2.75, 3.05) is 6.54 Å². The van der Waals surface area contributed by atoms with Crippen molar-refractivity contribution in [1.29, 1.82) is 0 Å². The van der Waals surface area contributed by atoms with Gasteiger partial charge in [0.15, 0.2) is 0 Å². The van der Waals surface area contributed by atoms with Gasteiger partial charge in [-0.05, 0) is 30.5 Å². The van der Waals surface area contributed by atoms with Crippen molar-refractivity contribution in [3.63, 3.8) is 0 Å². The van der Waals surface area contributed by atoms with Crippen LogP contribution < -0.4 is 10.6 Å². The fraction of sp³-hybridized carbons (Fsp3) is 0.533. The standard InChI is InChI=1S/C15H20F4N2O2/c1-3-14(23,4-2)9-21-13(22)20-8-10-5-6-11(16)7-12(10)15(17,18)19/h5-7,23H,3-4,8-9H2,1-2H3,(H2,20,21,22). The first-order valence-electron chi connectivity index (χ1n) is 7.21. The second kappa shape index (κ2) is 7.63. The van der Waals surface area contributed by atoms with Crippen LogP contribution in [0.2, 0.25) is 0 Å². The minimum atomic E-state index is -4.71. The first kappa shape index (κ1) is 19.2. The van der Waals surface area contributed by atoms with Gasteiger partial charge in [-0.15, -0.1) is 0 Å². The molecule has 0 saturated heterocycles. The number of carbonyl (C=O) groups excluding carboxylic acids is 1. The van der Waals surface area contributed by atoms with E-state index in [1.165, 1.54) is 0 Å². The molecule has 0 saturated carbocycles. The summed E-state index contributed by atoms with van der Waals surface area (Å²) >= 11 is 0. The lowest BCUT2D eigenvalue weighted by Crippen LogP contribution is -2.45. The predicted molar refractivity (Wildman–Crippen MR) is 77.2 cm³/mol. The number of urea groups is 1. The average Bonchev–Trinajstić information content (AvgIpc) is 2.50. The summed E-state index contributed by atoms with van der Waals surface area (Å²) in [5.41, 5.74) is -2.42. The summed E-state index contributed by atoms with van der Waals surface area (Å²) in [5, 5.41) is 14.7. The monoisotopic (exact) mass is 336 g/mol. The first-order valence-corrected chi connectivity index (χ1v) is 7.21. The van der Waals surface area contributed by atoms with Gasteiger partial charge < -0.3 is 15.7 Å². The maximum absolute atomic E-state index is 13.0. The van der Waals surface area contributed by atoms with Gasteiger partial charge in [-0.3, -0.25) is 0 Å². The third-order valence-corrected chi connectivity index (χ3v) is 3.71.